The molecule has 122 valence electrons. The van der Waals surface area contributed by atoms with E-state index in [0.717, 1.165) is 41.2 Å². The first-order chi connectivity index (χ1) is 11.1. The van der Waals surface area contributed by atoms with Crippen LogP contribution in [0.4, 0.5) is 0 Å². The molecule has 2 fully saturated rings. The van der Waals surface area contributed by atoms with Crippen LogP contribution in [0.3, 0.4) is 0 Å². The Kier molecular flexibility index (Phi) is 3.69. The van der Waals surface area contributed by atoms with E-state index in [9.17, 15) is 14.4 Å². The van der Waals surface area contributed by atoms with Gasteiger partial charge in [0.25, 0.3) is 5.91 Å². The highest BCUT2D eigenvalue weighted by molar-refractivity contribution is 7.14. The van der Waals surface area contributed by atoms with Crippen molar-refractivity contribution >= 4 is 29.1 Å². The molecule has 0 aromatic carbocycles. The molecule has 1 aromatic rings. The second kappa shape index (κ2) is 5.72. The molecule has 0 aliphatic carbocycles. The standard InChI is InChI=1S/C16H18N2O4S/c19-13-5-4-10(15(20)17-13)18-8-9-7-12(23-14(9)16(18)21)11-3-1-2-6-22-11/h7,10-11H,1-6,8H2,(H,17,19,20). The molecular formula is C16H18N2O4S. The fourth-order valence-electron chi connectivity index (χ4n) is 3.49. The zero-order chi connectivity index (χ0) is 16.0. The van der Waals surface area contributed by atoms with Gasteiger partial charge in [0.1, 0.15) is 6.04 Å². The van der Waals surface area contributed by atoms with Gasteiger partial charge in [0.05, 0.1) is 11.0 Å². The highest BCUT2D eigenvalue weighted by Crippen LogP contribution is 2.39. The largest absolute Gasteiger partial charge is 0.373 e. The fourth-order valence-corrected chi connectivity index (χ4v) is 4.70. The van der Waals surface area contributed by atoms with E-state index in [0.29, 0.717) is 13.0 Å². The number of hydrogen-bond donors (Lipinski definition) is 1. The Morgan fingerprint density at radius 2 is 2.09 bits per heavy atom. The number of thiophene rings is 1. The quantitative estimate of drug-likeness (QED) is 0.836. The highest BCUT2D eigenvalue weighted by atomic mass is 32.1. The van der Waals surface area contributed by atoms with E-state index >= 15 is 0 Å². The van der Waals surface area contributed by atoms with Crippen molar-refractivity contribution in [3.63, 3.8) is 0 Å². The minimum absolute atomic E-state index is 0.0958. The molecule has 3 aliphatic heterocycles. The minimum Gasteiger partial charge on any atom is -0.373 e. The van der Waals surface area contributed by atoms with Crippen molar-refractivity contribution in [2.24, 2.45) is 0 Å². The van der Waals surface area contributed by atoms with Gasteiger partial charge < -0.3 is 9.64 Å². The Morgan fingerprint density at radius 1 is 1.22 bits per heavy atom. The summed E-state index contributed by atoms with van der Waals surface area (Å²) in [7, 11) is 0. The third kappa shape index (κ3) is 2.57. The van der Waals surface area contributed by atoms with E-state index < -0.39 is 6.04 Å². The van der Waals surface area contributed by atoms with Crippen LogP contribution in [0.25, 0.3) is 0 Å². The maximum atomic E-state index is 12.6. The molecule has 4 heterocycles. The Labute approximate surface area is 137 Å². The van der Waals surface area contributed by atoms with Gasteiger partial charge in [-0.25, -0.2) is 0 Å². The number of fused-ring (bicyclic) bond motifs is 1. The summed E-state index contributed by atoms with van der Waals surface area (Å²) < 4.78 is 5.79. The van der Waals surface area contributed by atoms with Crippen molar-refractivity contribution in [3.05, 3.63) is 21.4 Å². The van der Waals surface area contributed by atoms with Gasteiger partial charge in [-0.1, -0.05) is 0 Å². The number of rotatable bonds is 2. The molecule has 0 bridgehead atoms. The molecule has 4 rings (SSSR count). The molecule has 3 aliphatic rings. The number of carbonyl (C=O) groups excluding carboxylic acids is 3. The van der Waals surface area contributed by atoms with Gasteiger partial charge in [0.15, 0.2) is 0 Å². The van der Waals surface area contributed by atoms with Gasteiger partial charge in [-0.3, -0.25) is 19.7 Å². The average Bonchev–Trinajstić information content (AvgIpc) is 3.09. The van der Waals surface area contributed by atoms with Gasteiger partial charge in [-0.2, -0.15) is 0 Å². The first-order valence-corrected chi connectivity index (χ1v) is 8.84. The molecule has 1 N–H and O–H groups in total. The van der Waals surface area contributed by atoms with Crippen LogP contribution in [0.15, 0.2) is 6.07 Å². The molecule has 23 heavy (non-hydrogen) atoms. The molecule has 2 unspecified atom stereocenters. The van der Waals surface area contributed by atoms with E-state index in [4.69, 9.17) is 4.74 Å². The summed E-state index contributed by atoms with van der Waals surface area (Å²) in [6, 6.07) is 1.52. The maximum absolute atomic E-state index is 12.6. The molecule has 0 saturated carbocycles. The lowest BCUT2D eigenvalue weighted by molar-refractivity contribution is -0.136. The lowest BCUT2D eigenvalue weighted by atomic mass is 10.0. The first-order valence-electron chi connectivity index (χ1n) is 8.02. The fraction of sp³-hybridized carbons (Fsp3) is 0.562. The van der Waals surface area contributed by atoms with Crippen LogP contribution in [0, 0.1) is 0 Å². The molecule has 2 saturated heterocycles. The molecule has 0 radical (unpaired) electrons. The number of ether oxygens (including phenoxy) is 1. The van der Waals surface area contributed by atoms with Crippen LogP contribution in [0.2, 0.25) is 0 Å². The number of amides is 3. The van der Waals surface area contributed by atoms with E-state index in [1.807, 2.05) is 0 Å². The zero-order valence-electron chi connectivity index (χ0n) is 12.7. The number of piperidine rings is 1. The monoisotopic (exact) mass is 334 g/mol. The van der Waals surface area contributed by atoms with Gasteiger partial charge in [0, 0.05) is 24.4 Å². The number of nitrogens with one attached hydrogen (secondary N) is 1. The SMILES string of the molecule is O=C1CCC(N2Cc3cc(C4CCCCO4)sc3C2=O)C(=O)N1. The Hall–Kier alpha value is -1.73. The van der Waals surface area contributed by atoms with Crippen LogP contribution in [-0.4, -0.2) is 35.3 Å². The Morgan fingerprint density at radius 3 is 2.78 bits per heavy atom. The third-order valence-electron chi connectivity index (χ3n) is 4.71. The van der Waals surface area contributed by atoms with Gasteiger partial charge in [0.2, 0.25) is 11.8 Å². The van der Waals surface area contributed by atoms with Gasteiger partial charge in [-0.15, -0.1) is 11.3 Å². The van der Waals surface area contributed by atoms with E-state index in [2.05, 4.69) is 11.4 Å². The zero-order valence-corrected chi connectivity index (χ0v) is 13.5. The van der Waals surface area contributed by atoms with Crippen LogP contribution < -0.4 is 5.32 Å². The molecule has 1 aromatic heterocycles. The first kappa shape index (κ1) is 14.8. The number of nitrogens with zero attached hydrogens (tertiary/aromatic N) is 1. The average molecular weight is 334 g/mol. The van der Waals surface area contributed by atoms with E-state index in [1.165, 1.54) is 11.3 Å². The van der Waals surface area contributed by atoms with Crippen molar-refractivity contribution in [1.29, 1.82) is 0 Å². The topological polar surface area (TPSA) is 75.7 Å². The molecule has 2 atom stereocenters. The van der Waals surface area contributed by atoms with Crippen molar-refractivity contribution in [2.75, 3.05) is 6.61 Å². The van der Waals surface area contributed by atoms with E-state index in [1.54, 1.807) is 4.90 Å². The molecular weight excluding hydrogens is 316 g/mol. The summed E-state index contributed by atoms with van der Waals surface area (Å²) in [6.45, 7) is 1.23. The van der Waals surface area contributed by atoms with Crippen LogP contribution in [-0.2, 0) is 20.9 Å². The normalized spacial score (nSPS) is 28.0. The summed E-state index contributed by atoms with van der Waals surface area (Å²) in [5.74, 6) is -0.716. The second-order valence-electron chi connectivity index (χ2n) is 6.26. The summed E-state index contributed by atoms with van der Waals surface area (Å²) >= 11 is 1.49. The summed E-state index contributed by atoms with van der Waals surface area (Å²) in [6.07, 6.45) is 4.06. The lowest BCUT2D eigenvalue weighted by Gasteiger charge is -2.29. The van der Waals surface area contributed by atoms with Crippen LogP contribution >= 0.6 is 11.3 Å². The van der Waals surface area contributed by atoms with Crippen molar-refractivity contribution in [2.45, 2.75) is 50.8 Å². The lowest BCUT2D eigenvalue weighted by Crippen LogP contribution is -2.52. The second-order valence-corrected chi connectivity index (χ2v) is 7.34. The maximum Gasteiger partial charge on any atom is 0.265 e. The van der Waals surface area contributed by atoms with Crippen LogP contribution in [0.5, 0.6) is 0 Å². The smallest absolute Gasteiger partial charge is 0.265 e. The molecule has 7 heteroatoms. The van der Waals surface area contributed by atoms with Crippen molar-refractivity contribution in [3.8, 4) is 0 Å². The molecule has 3 amide bonds. The predicted molar refractivity (Wildman–Crippen MR) is 82.9 cm³/mol. The summed E-state index contributed by atoms with van der Waals surface area (Å²) in [5.41, 5.74) is 0.980. The Balaban J connectivity index is 1.52. The Bertz CT molecular complexity index is 678. The number of hydrogen-bond acceptors (Lipinski definition) is 5. The summed E-state index contributed by atoms with van der Waals surface area (Å²) in [4.78, 5) is 39.3. The van der Waals surface area contributed by atoms with Crippen LogP contribution in [0.1, 0.15) is 58.3 Å². The molecule has 6 nitrogen and oxygen atoms in total. The van der Waals surface area contributed by atoms with Crippen molar-refractivity contribution < 1.29 is 19.1 Å². The number of imide groups is 1. The third-order valence-corrected chi connectivity index (χ3v) is 5.96. The van der Waals surface area contributed by atoms with E-state index in [-0.39, 0.29) is 30.2 Å². The summed E-state index contributed by atoms with van der Waals surface area (Å²) in [5, 5.41) is 2.32. The van der Waals surface area contributed by atoms with Gasteiger partial charge >= 0.3 is 0 Å². The van der Waals surface area contributed by atoms with Crippen molar-refractivity contribution in [1.82, 2.24) is 10.2 Å². The minimum atomic E-state index is -0.533. The number of carbonyl (C=O) groups is 3. The molecule has 0 spiro atoms. The van der Waals surface area contributed by atoms with Gasteiger partial charge in [-0.05, 0) is 37.3 Å². The highest BCUT2D eigenvalue weighted by Gasteiger charge is 2.40. The predicted octanol–water partition coefficient (Wildman–Crippen LogP) is 1.75.